The fourth-order valence-corrected chi connectivity index (χ4v) is 6.95. The first-order chi connectivity index (χ1) is 27.8. The summed E-state index contributed by atoms with van der Waals surface area (Å²) in [6, 6.07) is 50.5. The van der Waals surface area contributed by atoms with Gasteiger partial charge in [-0.3, -0.25) is 4.98 Å². The van der Waals surface area contributed by atoms with Crippen molar-refractivity contribution >= 4 is 33.0 Å². The fraction of sp³-hybridized carbons (Fsp3) is 0.143. The molecule has 4 nitrogen and oxygen atoms in total. The van der Waals surface area contributed by atoms with Gasteiger partial charge < -0.3 is 14.0 Å². The van der Waals surface area contributed by atoms with E-state index >= 15 is 0 Å². The molecule has 3 aromatic heterocycles. The molecule has 0 unspecified atom stereocenters. The summed E-state index contributed by atoms with van der Waals surface area (Å²) in [5, 5.41) is 1.84. The van der Waals surface area contributed by atoms with Crippen molar-refractivity contribution in [1.29, 1.82) is 0 Å². The summed E-state index contributed by atoms with van der Waals surface area (Å²) in [6.07, 6.45) is -0.591. The van der Waals surface area contributed by atoms with Crippen LogP contribution < -0.4 is 0 Å². The number of fused-ring (bicyclic) bond motifs is 4. The molecule has 0 aliphatic rings. The summed E-state index contributed by atoms with van der Waals surface area (Å²) in [4.78, 5) is 9.31. The van der Waals surface area contributed by atoms with E-state index in [4.69, 9.17) is 16.3 Å². The topological polar surface area (TPSA) is 43.9 Å². The normalized spacial score (nSPS) is 13.0. The van der Waals surface area contributed by atoms with Gasteiger partial charge in [-0.25, -0.2) is 0 Å². The van der Waals surface area contributed by atoms with Crippen LogP contribution >= 0.6 is 0 Å². The SMILES string of the molecule is Cc1cccc(C)c1-n1c(-c2[c-]cccc2)nc2ccccc21.[2H]C([2H])([2H])c1cnc(-c2[c-]ccc3c2oc2c(-c4ccccc4)cccc23)cc1C([2H])([2H])C(C)C.[Ir]. The van der Waals surface area contributed by atoms with E-state index in [1.165, 1.54) is 29.1 Å². The molecule has 54 heavy (non-hydrogen) atoms. The van der Waals surface area contributed by atoms with Crippen LogP contribution in [0.5, 0.6) is 0 Å². The molecule has 0 spiro atoms. The van der Waals surface area contributed by atoms with Crippen LogP contribution in [0.2, 0.25) is 0 Å². The van der Waals surface area contributed by atoms with Crippen molar-refractivity contribution in [2.24, 2.45) is 5.92 Å². The molecule has 0 fully saturated rings. The molecule has 0 aliphatic carbocycles. The van der Waals surface area contributed by atoms with Crippen LogP contribution in [-0.4, -0.2) is 14.5 Å². The zero-order valence-electron chi connectivity index (χ0n) is 35.4. The molecule has 9 rings (SSSR count). The van der Waals surface area contributed by atoms with Crippen molar-refractivity contribution in [2.75, 3.05) is 0 Å². The molecule has 5 heteroatoms. The van der Waals surface area contributed by atoms with Gasteiger partial charge in [-0.15, -0.1) is 54.1 Å². The van der Waals surface area contributed by atoms with Gasteiger partial charge in [0.05, 0.1) is 22.4 Å². The number of hydrogen-bond donors (Lipinski definition) is 0. The molecular formula is C49H41IrN3O-2. The Kier molecular flexibility index (Phi) is 9.00. The van der Waals surface area contributed by atoms with E-state index in [1.807, 2.05) is 78.9 Å². The molecule has 0 amide bonds. The number of nitrogens with zero attached hydrogens (tertiary/aromatic N) is 3. The molecule has 0 bridgehead atoms. The first-order valence-electron chi connectivity index (χ1n) is 20.3. The second kappa shape index (κ2) is 15.8. The van der Waals surface area contributed by atoms with Gasteiger partial charge in [-0.05, 0) is 73.1 Å². The monoisotopic (exact) mass is 885 g/mol. The van der Waals surface area contributed by atoms with Gasteiger partial charge in [-0.2, -0.15) is 0 Å². The van der Waals surface area contributed by atoms with E-state index < -0.39 is 19.1 Å². The van der Waals surface area contributed by atoms with Crippen molar-refractivity contribution in [3.8, 4) is 39.5 Å². The summed E-state index contributed by atoms with van der Waals surface area (Å²) in [6.45, 7) is 5.29. The van der Waals surface area contributed by atoms with Crippen LogP contribution in [0.3, 0.4) is 0 Å². The zero-order chi connectivity index (χ0) is 40.8. The predicted molar refractivity (Wildman–Crippen MR) is 219 cm³/mol. The molecule has 1 radical (unpaired) electrons. The predicted octanol–water partition coefficient (Wildman–Crippen LogP) is 12.7. The Morgan fingerprint density at radius 2 is 1.50 bits per heavy atom. The molecule has 0 atom stereocenters. The standard InChI is InChI=1S/C28H24NO.C21H17N2.Ir/c1-18(2)15-21-16-26(29-17-19(21)3)25-14-8-13-24-23-12-7-11-22(27(23)30-28(24)25)20-9-5-4-6-10-20;1-15-9-8-10-16(2)20(15)23-19-14-7-6-13-18(19)22-21(23)17-11-4-3-5-12-17;/h4-13,16-18H,15H2,1-3H3;3-11,13-14H,1-2H3;/q2*-1;/i3D3,15D2;;. The fourth-order valence-electron chi connectivity index (χ4n) is 6.95. The third kappa shape index (κ3) is 7.06. The number of rotatable bonds is 6. The first-order valence-corrected chi connectivity index (χ1v) is 17.8. The van der Waals surface area contributed by atoms with Crippen molar-refractivity contribution in [1.82, 2.24) is 14.5 Å². The number of imidazole rings is 1. The summed E-state index contributed by atoms with van der Waals surface area (Å²) < 4.78 is 49.7. The quantitative estimate of drug-likeness (QED) is 0.156. The molecule has 0 N–H and O–H groups in total. The van der Waals surface area contributed by atoms with Crippen molar-refractivity contribution in [2.45, 2.75) is 40.9 Å². The summed E-state index contributed by atoms with van der Waals surface area (Å²) in [5.74, 6) is 0.502. The van der Waals surface area contributed by atoms with Crippen molar-refractivity contribution in [3.63, 3.8) is 0 Å². The van der Waals surface area contributed by atoms with Gasteiger partial charge in [0.2, 0.25) is 0 Å². The Morgan fingerprint density at radius 1 is 0.759 bits per heavy atom. The number of pyridine rings is 1. The van der Waals surface area contributed by atoms with Crippen LogP contribution in [0.1, 0.15) is 43.0 Å². The molecule has 9 aromatic rings. The number of para-hydroxylation sites is 4. The molecule has 269 valence electrons. The smallest absolute Gasteiger partial charge is 0.128 e. The Labute approximate surface area is 337 Å². The van der Waals surface area contributed by atoms with E-state index in [2.05, 4.69) is 78.0 Å². The van der Waals surface area contributed by atoms with Gasteiger partial charge in [0.15, 0.2) is 0 Å². The van der Waals surface area contributed by atoms with Crippen LogP contribution in [0.4, 0.5) is 0 Å². The second-order valence-electron chi connectivity index (χ2n) is 13.4. The third-order valence-corrected chi connectivity index (χ3v) is 9.32. The van der Waals surface area contributed by atoms with Crippen LogP contribution in [0.25, 0.3) is 72.4 Å². The second-order valence-corrected chi connectivity index (χ2v) is 13.4. The molecule has 0 saturated heterocycles. The van der Waals surface area contributed by atoms with Crippen LogP contribution in [0, 0.1) is 38.8 Å². The molecule has 3 heterocycles. The van der Waals surface area contributed by atoms with Gasteiger partial charge in [-0.1, -0.05) is 115 Å². The van der Waals surface area contributed by atoms with Gasteiger partial charge in [0.25, 0.3) is 0 Å². The number of furan rings is 1. The average Bonchev–Trinajstić information content (AvgIpc) is 3.80. The van der Waals surface area contributed by atoms with Gasteiger partial charge in [0.1, 0.15) is 5.58 Å². The minimum Gasteiger partial charge on any atom is -0.500 e. The van der Waals surface area contributed by atoms with E-state index in [1.54, 1.807) is 19.9 Å². The van der Waals surface area contributed by atoms with Gasteiger partial charge in [0, 0.05) is 49.8 Å². The largest absolute Gasteiger partial charge is 0.500 e. The molecule has 0 saturated carbocycles. The maximum Gasteiger partial charge on any atom is 0.128 e. The van der Waals surface area contributed by atoms with Gasteiger partial charge >= 0.3 is 0 Å². The van der Waals surface area contributed by atoms with E-state index in [0.29, 0.717) is 16.8 Å². The Morgan fingerprint density at radius 3 is 2.26 bits per heavy atom. The van der Waals surface area contributed by atoms with Crippen molar-refractivity contribution in [3.05, 3.63) is 174 Å². The van der Waals surface area contributed by atoms with E-state index in [-0.39, 0.29) is 31.2 Å². The van der Waals surface area contributed by atoms with E-state index in [0.717, 1.165) is 49.9 Å². The van der Waals surface area contributed by atoms with Crippen molar-refractivity contribution < 1.29 is 31.4 Å². The maximum atomic E-state index is 8.63. The minimum absolute atomic E-state index is 0. The Balaban J connectivity index is 0.000000191. The van der Waals surface area contributed by atoms with Crippen LogP contribution in [0.15, 0.2) is 144 Å². The summed E-state index contributed by atoms with van der Waals surface area (Å²) in [5.41, 5.74) is 11.2. The Hall–Kier alpha value is -5.61. The first kappa shape index (κ1) is 30.8. The van der Waals surface area contributed by atoms with E-state index in [9.17, 15) is 0 Å². The minimum atomic E-state index is -2.48. The number of hydrogen-bond acceptors (Lipinski definition) is 3. The maximum absolute atomic E-state index is 8.63. The summed E-state index contributed by atoms with van der Waals surface area (Å²) >= 11 is 0. The number of aryl methyl sites for hydroxylation is 3. The summed E-state index contributed by atoms with van der Waals surface area (Å²) in [7, 11) is 0. The Bertz CT molecular complexity index is 2900. The molecule has 0 aliphatic heterocycles. The molecular weight excluding hydrogens is 839 g/mol. The number of benzene rings is 6. The third-order valence-electron chi connectivity index (χ3n) is 9.32. The molecule has 6 aromatic carbocycles. The van der Waals surface area contributed by atoms with Crippen LogP contribution in [-0.2, 0) is 26.5 Å². The zero-order valence-corrected chi connectivity index (χ0v) is 32.8. The number of aromatic nitrogens is 3. The average molecular weight is 885 g/mol.